The standard InChI is InChI=1S/C15H13ClN2O2/c1-10-5-14(19-2)7-13(18-10)9-20-15-6-12(16)4-3-11(15)8-17/h3-7H,9H2,1-2H3. The van der Waals surface area contributed by atoms with Crippen molar-refractivity contribution >= 4 is 11.6 Å². The Balaban J connectivity index is 2.19. The van der Waals surface area contributed by atoms with Crippen LogP contribution >= 0.6 is 11.6 Å². The second-order valence-corrected chi connectivity index (χ2v) is 4.62. The number of aromatic nitrogens is 1. The average molecular weight is 289 g/mol. The zero-order valence-electron chi connectivity index (χ0n) is 11.2. The molecule has 0 aliphatic heterocycles. The molecule has 0 saturated heterocycles. The fourth-order valence-electron chi connectivity index (χ4n) is 1.75. The molecule has 0 atom stereocenters. The van der Waals surface area contributed by atoms with Crippen LogP contribution in [0, 0.1) is 18.3 Å². The fourth-order valence-corrected chi connectivity index (χ4v) is 1.92. The summed E-state index contributed by atoms with van der Waals surface area (Å²) in [5.41, 5.74) is 2.01. The molecule has 0 N–H and O–H groups in total. The molecular weight excluding hydrogens is 276 g/mol. The Morgan fingerprint density at radius 2 is 2.10 bits per heavy atom. The van der Waals surface area contributed by atoms with Crippen LogP contribution in [0.15, 0.2) is 30.3 Å². The number of aryl methyl sites for hydroxylation is 1. The van der Waals surface area contributed by atoms with Gasteiger partial charge in [-0.1, -0.05) is 11.6 Å². The van der Waals surface area contributed by atoms with E-state index in [9.17, 15) is 0 Å². The zero-order valence-corrected chi connectivity index (χ0v) is 11.9. The van der Waals surface area contributed by atoms with Crippen LogP contribution in [-0.4, -0.2) is 12.1 Å². The third-order valence-corrected chi connectivity index (χ3v) is 2.89. The first-order valence-corrected chi connectivity index (χ1v) is 6.34. The molecule has 2 rings (SSSR count). The first-order chi connectivity index (χ1) is 9.62. The summed E-state index contributed by atoms with van der Waals surface area (Å²) in [4.78, 5) is 4.35. The second-order valence-electron chi connectivity index (χ2n) is 4.18. The van der Waals surface area contributed by atoms with Crippen LogP contribution < -0.4 is 9.47 Å². The van der Waals surface area contributed by atoms with Gasteiger partial charge in [-0.2, -0.15) is 5.26 Å². The molecule has 0 unspecified atom stereocenters. The first-order valence-electron chi connectivity index (χ1n) is 5.96. The van der Waals surface area contributed by atoms with Gasteiger partial charge in [-0.05, 0) is 19.1 Å². The second kappa shape index (κ2) is 6.27. The number of ether oxygens (including phenoxy) is 2. The van der Waals surface area contributed by atoms with Crippen molar-refractivity contribution in [2.45, 2.75) is 13.5 Å². The highest BCUT2D eigenvalue weighted by Gasteiger charge is 2.06. The van der Waals surface area contributed by atoms with Crippen molar-refractivity contribution in [2.24, 2.45) is 0 Å². The third kappa shape index (κ3) is 3.40. The lowest BCUT2D eigenvalue weighted by Crippen LogP contribution is -2.01. The molecule has 1 heterocycles. The Morgan fingerprint density at radius 3 is 2.80 bits per heavy atom. The largest absolute Gasteiger partial charge is 0.497 e. The lowest BCUT2D eigenvalue weighted by Gasteiger charge is -2.09. The summed E-state index contributed by atoms with van der Waals surface area (Å²) in [6.45, 7) is 2.12. The monoisotopic (exact) mass is 288 g/mol. The van der Waals surface area contributed by atoms with Crippen LogP contribution in [0.4, 0.5) is 0 Å². The van der Waals surface area contributed by atoms with Gasteiger partial charge in [-0.3, -0.25) is 4.98 Å². The van der Waals surface area contributed by atoms with Crippen molar-refractivity contribution in [3.8, 4) is 17.6 Å². The Morgan fingerprint density at radius 1 is 1.30 bits per heavy atom. The minimum Gasteiger partial charge on any atom is -0.497 e. The predicted molar refractivity (Wildman–Crippen MR) is 76.0 cm³/mol. The van der Waals surface area contributed by atoms with E-state index in [1.54, 1.807) is 31.4 Å². The third-order valence-electron chi connectivity index (χ3n) is 2.66. The number of benzene rings is 1. The van der Waals surface area contributed by atoms with Crippen LogP contribution in [0.5, 0.6) is 11.5 Å². The highest BCUT2D eigenvalue weighted by Crippen LogP contribution is 2.24. The van der Waals surface area contributed by atoms with E-state index in [1.807, 2.05) is 13.0 Å². The van der Waals surface area contributed by atoms with Gasteiger partial charge in [0.25, 0.3) is 0 Å². The molecule has 1 aromatic carbocycles. The summed E-state index contributed by atoms with van der Waals surface area (Å²) >= 11 is 5.90. The number of nitriles is 1. The summed E-state index contributed by atoms with van der Waals surface area (Å²) in [5, 5.41) is 9.55. The first kappa shape index (κ1) is 14.2. The van der Waals surface area contributed by atoms with Crippen molar-refractivity contribution in [2.75, 3.05) is 7.11 Å². The highest BCUT2D eigenvalue weighted by atomic mass is 35.5. The maximum Gasteiger partial charge on any atom is 0.139 e. The van der Waals surface area contributed by atoms with Gasteiger partial charge in [-0.25, -0.2) is 0 Å². The molecule has 0 amide bonds. The van der Waals surface area contributed by atoms with Crippen molar-refractivity contribution in [3.05, 3.63) is 52.3 Å². The maximum absolute atomic E-state index is 9.02. The number of rotatable bonds is 4. The van der Waals surface area contributed by atoms with Gasteiger partial charge in [0.05, 0.1) is 18.4 Å². The van der Waals surface area contributed by atoms with Gasteiger partial charge in [0.15, 0.2) is 0 Å². The molecule has 5 heteroatoms. The van der Waals surface area contributed by atoms with E-state index in [4.69, 9.17) is 26.3 Å². The summed E-state index contributed by atoms with van der Waals surface area (Å²) in [6, 6.07) is 10.6. The number of hydrogen-bond acceptors (Lipinski definition) is 4. The molecule has 0 saturated carbocycles. The van der Waals surface area contributed by atoms with Gasteiger partial charge in [-0.15, -0.1) is 0 Å². The Hall–Kier alpha value is -2.25. The quantitative estimate of drug-likeness (QED) is 0.864. The van der Waals surface area contributed by atoms with Crippen molar-refractivity contribution in [1.29, 1.82) is 5.26 Å². The Kier molecular flexibility index (Phi) is 4.44. The molecule has 0 aliphatic carbocycles. The van der Waals surface area contributed by atoms with Crippen molar-refractivity contribution < 1.29 is 9.47 Å². The molecule has 2 aromatic rings. The molecule has 20 heavy (non-hydrogen) atoms. The molecule has 0 bridgehead atoms. The Labute approximate surface area is 122 Å². The SMILES string of the molecule is COc1cc(C)nc(COc2cc(Cl)ccc2C#N)c1. The summed E-state index contributed by atoms with van der Waals surface area (Å²) in [5.74, 6) is 1.17. The maximum atomic E-state index is 9.02. The van der Waals surface area contributed by atoms with E-state index < -0.39 is 0 Å². The van der Waals surface area contributed by atoms with E-state index in [1.165, 1.54) is 0 Å². The van der Waals surface area contributed by atoms with Crippen LogP contribution in [0.2, 0.25) is 5.02 Å². The molecule has 0 spiro atoms. The zero-order chi connectivity index (χ0) is 14.5. The number of methoxy groups -OCH3 is 1. The van der Waals surface area contributed by atoms with Crippen LogP contribution in [0.1, 0.15) is 17.0 Å². The molecule has 0 radical (unpaired) electrons. The number of pyridine rings is 1. The van der Waals surface area contributed by atoms with E-state index in [0.717, 1.165) is 17.1 Å². The van der Waals surface area contributed by atoms with Gasteiger partial charge < -0.3 is 9.47 Å². The normalized spacial score (nSPS) is 9.90. The highest BCUT2D eigenvalue weighted by molar-refractivity contribution is 6.30. The predicted octanol–water partition coefficient (Wildman–Crippen LogP) is 3.50. The van der Waals surface area contributed by atoms with Gasteiger partial charge in [0, 0.05) is 28.9 Å². The molecule has 0 aliphatic rings. The minimum atomic E-state index is 0.243. The summed E-state index contributed by atoms with van der Waals surface area (Å²) < 4.78 is 10.8. The van der Waals surface area contributed by atoms with Crippen molar-refractivity contribution in [1.82, 2.24) is 4.98 Å². The van der Waals surface area contributed by atoms with E-state index in [-0.39, 0.29) is 6.61 Å². The average Bonchev–Trinajstić information content (AvgIpc) is 2.44. The lowest BCUT2D eigenvalue weighted by molar-refractivity contribution is 0.299. The molecule has 1 aromatic heterocycles. The van der Waals surface area contributed by atoms with Crippen LogP contribution in [0.3, 0.4) is 0 Å². The van der Waals surface area contributed by atoms with Gasteiger partial charge in [0.1, 0.15) is 24.2 Å². The van der Waals surface area contributed by atoms with E-state index in [2.05, 4.69) is 11.1 Å². The lowest BCUT2D eigenvalue weighted by atomic mass is 10.2. The molecule has 102 valence electrons. The fraction of sp³-hybridized carbons (Fsp3) is 0.200. The number of hydrogen-bond donors (Lipinski definition) is 0. The molecule has 0 fully saturated rings. The van der Waals surface area contributed by atoms with Gasteiger partial charge in [0.2, 0.25) is 0 Å². The topological polar surface area (TPSA) is 55.1 Å². The van der Waals surface area contributed by atoms with Gasteiger partial charge >= 0.3 is 0 Å². The summed E-state index contributed by atoms with van der Waals surface area (Å²) in [6.07, 6.45) is 0. The summed E-state index contributed by atoms with van der Waals surface area (Å²) in [7, 11) is 1.60. The van der Waals surface area contributed by atoms with E-state index >= 15 is 0 Å². The minimum absolute atomic E-state index is 0.243. The molecule has 4 nitrogen and oxygen atoms in total. The number of nitrogens with zero attached hydrogens (tertiary/aromatic N) is 2. The van der Waals surface area contributed by atoms with Crippen molar-refractivity contribution in [3.63, 3.8) is 0 Å². The van der Waals surface area contributed by atoms with Crippen LogP contribution in [0.25, 0.3) is 0 Å². The number of halogens is 1. The molecular formula is C15H13ClN2O2. The van der Waals surface area contributed by atoms with Crippen LogP contribution in [-0.2, 0) is 6.61 Å². The van der Waals surface area contributed by atoms with E-state index in [0.29, 0.717) is 16.3 Å². The Bertz CT molecular complexity index is 665. The smallest absolute Gasteiger partial charge is 0.139 e.